The second kappa shape index (κ2) is 7.53. The Morgan fingerprint density at radius 2 is 2.07 bits per heavy atom. The molecule has 3 heteroatoms. The third-order valence-corrected chi connectivity index (χ3v) is 3.95. The fourth-order valence-electron chi connectivity index (χ4n) is 2.37. The summed E-state index contributed by atoms with van der Waals surface area (Å²) in [6, 6.07) is 0. The van der Waals surface area contributed by atoms with Crippen molar-refractivity contribution >= 4 is 12.6 Å². The van der Waals surface area contributed by atoms with Crippen molar-refractivity contribution in [2.45, 2.75) is 32.6 Å². The Bertz CT molecular complexity index is 158. The number of piperidine rings is 1. The molecule has 1 aliphatic heterocycles. The average Bonchev–Trinajstić information content (AvgIpc) is 2.29. The van der Waals surface area contributed by atoms with E-state index in [4.69, 9.17) is 5.11 Å². The zero-order chi connectivity index (χ0) is 11.1. The molecule has 0 radical (unpaired) electrons. The van der Waals surface area contributed by atoms with Gasteiger partial charge in [0.2, 0.25) is 0 Å². The van der Waals surface area contributed by atoms with Gasteiger partial charge in [0.15, 0.2) is 0 Å². The molecule has 0 aromatic rings. The molecule has 0 saturated carbocycles. The van der Waals surface area contributed by atoms with Crippen molar-refractivity contribution in [2.24, 2.45) is 11.8 Å². The van der Waals surface area contributed by atoms with Gasteiger partial charge in [-0.2, -0.15) is 12.6 Å². The summed E-state index contributed by atoms with van der Waals surface area (Å²) in [4.78, 5) is 2.54. The van der Waals surface area contributed by atoms with Gasteiger partial charge in [-0.25, -0.2) is 0 Å². The largest absolute Gasteiger partial charge is 0.396 e. The number of rotatable bonds is 6. The van der Waals surface area contributed by atoms with Crippen LogP contribution >= 0.6 is 12.6 Å². The van der Waals surface area contributed by atoms with Crippen LogP contribution in [-0.4, -0.2) is 42.0 Å². The van der Waals surface area contributed by atoms with Gasteiger partial charge >= 0.3 is 0 Å². The highest BCUT2D eigenvalue weighted by molar-refractivity contribution is 7.80. The van der Waals surface area contributed by atoms with Gasteiger partial charge in [0.1, 0.15) is 0 Å². The molecule has 0 bridgehead atoms. The minimum atomic E-state index is 0.374. The minimum Gasteiger partial charge on any atom is -0.396 e. The molecular weight excluding hydrogens is 206 g/mol. The van der Waals surface area contributed by atoms with Crippen LogP contribution in [0.15, 0.2) is 0 Å². The Hall–Kier alpha value is 0.270. The maximum atomic E-state index is 9.06. The number of hydrogen-bond acceptors (Lipinski definition) is 3. The number of aliphatic hydroxyl groups excluding tert-OH is 1. The molecule has 1 heterocycles. The van der Waals surface area contributed by atoms with Crippen LogP contribution in [0.1, 0.15) is 32.6 Å². The summed E-state index contributed by atoms with van der Waals surface area (Å²) in [5.74, 6) is 2.32. The molecule has 0 aromatic carbocycles. The molecule has 15 heavy (non-hydrogen) atoms. The van der Waals surface area contributed by atoms with E-state index < -0.39 is 0 Å². The first-order valence-electron chi connectivity index (χ1n) is 6.24. The Labute approximate surface area is 99.5 Å². The molecule has 0 aromatic heterocycles. The van der Waals surface area contributed by atoms with Gasteiger partial charge in [-0.1, -0.05) is 13.3 Å². The fourth-order valence-corrected chi connectivity index (χ4v) is 2.66. The van der Waals surface area contributed by atoms with E-state index in [1.165, 1.54) is 45.3 Å². The van der Waals surface area contributed by atoms with E-state index >= 15 is 0 Å². The lowest BCUT2D eigenvalue weighted by molar-refractivity contribution is 0.121. The van der Waals surface area contributed by atoms with Gasteiger partial charge in [0.05, 0.1) is 0 Å². The van der Waals surface area contributed by atoms with Crippen molar-refractivity contribution in [3.05, 3.63) is 0 Å². The molecule has 1 rings (SSSR count). The smallest absolute Gasteiger partial charge is 0.0460 e. The van der Waals surface area contributed by atoms with Crippen LogP contribution in [0.4, 0.5) is 0 Å². The van der Waals surface area contributed by atoms with E-state index in [9.17, 15) is 0 Å². The molecule has 1 atom stereocenters. The zero-order valence-corrected chi connectivity index (χ0v) is 10.8. The molecule has 1 saturated heterocycles. The average molecular weight is 231 g/mol. The highest BCUT2D eigenvalue weighted by atomic mass is 32.1. The maximum absolute atomic E-state index is 9.06. The van der Waals surface area contributed by atoms with Gasteiger partial charge in [-0.3, -0.25) is 0 Å². The molecule has 0 amide bonds. The fraction of sp³-hybridized carbons (Fsp3) is 1.00. The second-order valence-corrected chi connectivity index (χ2v) is 5.13. The summed E-state index contributed by atoms with van der Waals surface area (Å²) in [5, 5.41) is 9.06. The quantitative estimate of drug-likeness (QED) is 0.683. The van der Waals surface area contributed by atoms with Crippen LogP contribution in [0, 0.1) is 11.8 Å². The Balaban J connectivity index is 2.21. The van der Waals surface area contributed by atoms with Crippen LogP contribution < -0.4 is 0 Å². The molecular formula is C12H25NOS. The van der Waals surface area contributed by atoms with E-state index in [1.54, 1.807) is 0 Å². The van der Waals surface area contributed by atoms with Gasteiger partial charge in [0, 0.05) is 13.2 Å². The number of aliphatic hydroxyl groups is 1. The molecule has 1 N–H and O–H groups in total. The van der Waals surface area contributed by atoms with E-state index in [-0.39, 0.29) is 0 Å². The summed E-state index contributed by atoms with van der Waals surface area (Å²) in [7, 11) is 0. The lowest BCUT2D eigenvalue weighted by Crippen LogP contribution is -2.38. The first kappa shape index (κ1) is 13.3. The van der Waals surface area contributed by atoms with Crippen LogP contribution in [0.5, 0.6) is 0 Å². The van der Waals surface area contributed by atoms with Gasteiger partial charge in [0.25, 0.3) is 0 Å². The molecule has 1 fully saturated rings. The first-order chi connectivity index (χ1) is 7.30. The van der Waals surface area contributed by atoms with Crippen molar-refractivity contribution in [1.82, 2.24) is 4.90 Å². The standard InChI is InChI=1S/C12H25NOS/c1-2-3-12(10-15)8-13-6-4-11(9-14)5-7-13/h11-12,14-15H,2-10H2,1H3. The summed E-state index contributed by atoms with van der Waals surface area (Å²) in [5.41, 5.74) is 0. The number of likely N-dealkylation sites (tertiary alicyclic amines) is 1. The van der Waals surface area contributed by atoms with E-state index in [1.807, 2.05) is 0 Å². The molecule has 90 valence electrons. The maximum Gasteiger partial charge on any atom is 0.0460 e. The van der Waals surface area contributed by atoms with Crippen LogP contribution in [-0.2, 0) is 0 Å². The van der Waals surface area contributed by atoms with Gasteiger partial charge in [-0.05, 0) is 49.9 Å². The van der Waals surface area contributed by atoms with Crippen LogP contribution in [0.2, 0.25) is 0 Å². The van der Waals surface area contributed by atoms with E-state index in [0.717, 1.165) is 11.7 Å². The minimum absolute atomic E-state index is 0.374. The lowest BCUT2D eigenvalue weighted by atomic mass is 9.96. The summed E-state index contributed by atoms with van der Waals surface area (Å²) in [6.07, 6.45) is 4.89. The number of thiol groups is 1. The lowest BCUT2D eigenvalue weighted by Gasteiger charge is -2.33. The topological polar surface area (TPSA) is 23.5 Å². The van der Waals surface area contributed by atoms with Crippen molar-refractivity contribution in [3.8, 4) is 0 Å². The van der Waals surface area contributed by atoms with Crippen LogP contribution in [0.3, 0.4) is 0 Å². The second-order valence-electron chi connectivity index (χ2n) is 4.76. The highest BCUT2D eigenvalue weighted by Gasteiger charge is 2.20. The monoisotopic (exact) mass is 231 g/mol. The van der Waals surface area contributed by atoms with Crippen molar-refractivity contribution < 1.29 is 5.11 Å². The molecule has 2 nitrogen and oxygen atoms in total. The van der Waals surface area contributed by atoms with Crippen molar-refractivity contribution in [3.63, 3.8) is 0 Å². The summed E-state index contributed by atoms with van der Waals surface area (Å²) >= 11 is 4.42. The van der Waals surface area contributed by atoms with Gasteiger partial charge < -0.3 is 10.0 Å². The van der Waals surface area contributed by atoms with Crippen LogP contribution in [0.25, 0.3) is 0 Å². The Morgan fingerprint density at radius 3 is 2.53 bits per heavy atom. The van der Waals surface area contributed by atoms with E-state index in [0.29, 0.717) is 12.5 Å². The molecule has 0 aliphatic carbocycles. The van der Waals surface area contributed by atoms with Crippen molar-refractivity contribution in [1.29, 1.82) is 0 Å². The highest BCUT2D eigenvalue weighted by Crippen LogP contribution is 2.19. The first-order valence-corrected chi connectivity index (χ1v) is 6.87. The number of nitrogens with zero attached hydrogens (tertiary/aromatic N) is 1. The predicted octanol–water partition coefficient (Wildman–Crippen LogP) is 2.04. The normalized spacial score (nSPS) is 21.8. The Morgan fingerprint density at radius 1 is 1.40 bits per heavy atom. The SMILES string of the molecule is CCCC(CS)CN1CCC(CO)CC1. The van der Waals surface area contributed by atoms with E-state index in [2.05, 4.69) is 24.5 Å². The Kier molecular flexibility index (Phi) is 6.69. The molecule has 1 aliphatic rings. The van der Waals surface area contributed by atoms with Crippen molar-refractivity contribution in [2.75, 3.05) is 32.0 Å². The number of hydrogen-bond donors (Lipinski definition) is 2. The van der Waals surface area contributed by atoms with Gasteiger partial charge in [-0.15, -0.1) is 0 Å². The summed E-state index contributed by atoms with van der Waals surface area (Å²) < 4.78 is 0. The zero-order valence-electron chi connectivity index (χ0n) is 9.86. The third kappa shape index (κ3) is 4.75. The predicted molar refractivity (Wildman–Crippen MR) is 68.5 cm³/mol. The molecule has 0 spiro atoms. The molecule has 1 unspecified atom stereocenters. The summed E-state index contributed by atoms with van der Waals surface area (Å²) in [6.45, 7) is 6.15. The third-order valence-electron chi connectivity index (χ3n) is 3.44.